The van der Waals surface area contributed by atoms with E-state index in [0.29, 0.717) is 6.10 Å². The van der Waals surface area contributed by atoms with Crippen molar-refractivity contribution in [1.82, 2.24) is 5.32 Å². The van der Waals surface area contributed by atoms with E-state index in [1.807, 2.05) is 0 Å². The fraction of sp³-hybridized carbons (Fsp3) is 1.00. The highest BCUT2D eigenvalue weighted by molar-refractivity contribution is 4.53. The molecule has 0 aliphatic carbocycles. The van der Waals surface area contributed by atoms with Gasteiger partial charge in [-0.2, -0.15) is 0 Å². The van der Waals surface area contributed by atoms with Crippen molar-refractivity contribution in [3.8, 4) is 0 Å². The second kappa shape index (κ2) is 10.0. The highest BCUT2D eigenvalue weighted by atomic mass is 16.5. The summed E-state index contributed by atoms with van der Waals surface area (Å²) in [5, 5.41) is 3.30. The van der Waals surface area contributed by atoms with Crippen LogP contribution < -0.4 is 5.32 Å². The van der Waals surface area contributed by atoms with Gasteiger partial charge in [0.2, 0.25) is 0 Å². The topological polar surface area (TPSA) is 21.3 Å². The average molecular weight is 187 g/mol. The first-order valence-electron chi connectivity index (χ1n) is 5.63. The second-order valence-corrected chi connectivity index (χ2v) is 3.53. The molecule has 0 aromatic carbocycles. The van der Waals surface area contributed by atoms with Crippen LogP contribution in [0.3, 0.4) is 0 Å². The van der Waals surface area contributed by atoms with E-state index in [9.17, 15) is 0 Å². The third-order valence-electron chi connectivity index (χ3n) is 2.13. The minimum absolute atomic E-state index is 0.413. The Morgan fingerprint density at radius 2 is 2.00 bits per heavy atom. The predicted molar refractivity (Wildman–Crippen MR) is 58.1 cm³/mol. The minimum atomic E-state index is 0.413. The third-order valence-corrected chi connectivity index (χ3v) is 2.13. The molecule has 13 heavy (non-hydrogen) atoms. The normalized spacial score (nSPS) is 13.2. The van der Waals surface area contributed by atoms with Gasteiger partial charge >= 0.3 is 0 Å². The van der Waals surface area contributed by atoms with E-state index in [0.717, 1.165) is 26.1 Å². The molecule has 0 spiro atoms. The summed E-state index contributed by atoms with van der Waals surface area (Å²) >= 11 is 0. The highest BCUT2D eigenvalue weighted by Crippen LogP contribution is 2.00. The fourth-order valence-corrected chi connectivity index (χ4v) is 1.20. The van der Waals surface area contributed by atoms with Crippen molar-refractivity contribution >= 4 is 0 Å². The van der Waals surface area contributed by atoms with Gasteiger partial charge in [-0.05, 0) is 32.9 Å². The Morgan fingerprint density at radius 1 is 1.23 bits per heavy atom. The maximum absolute atomic E-state index is 5.65. The van der Waals surface area contributed by atoms with Crippen LogP contribution in [0.5, 0.6) is 0 Å². The molecule has 0 saturated carbocycles. The van der Waals surface area contributed by atoms with Crippen LogP contribution in [-0.2, 0) is 4.74 Å². The standard InChI is InChI=1S/C11H25NO/c1-4-6-7-10-13-11(3)8-9-12-5-2/h11-12H,4-10H2,1-3H3. The molecule has 1 N–H and O–H groups in total. The lowest BCUT2D eigenvalue weighted by Gasteiger charge is -2.12. The van der Waals surface area contributed by atoms with Crippen LogP contribution in [0.25, 0.3) is 0 Å². The number of unbranched alkanes of at least 4 members (excludes halogenated alkanes) is 2. The van der Waals surface area contributed by atoms with Gasteiger partial charge in [0.15, 0.2) is 0 Å². The molecular weight excluding hydrogens is 162 g/mol. The van der Waals surface area contributed by atoms with E-state index < -0.39 is 0 Å². The van der Waals surface area contributed by atoms with Gasteiger partial charge in [0.1, 0.15) is 0 Å². The lowest BCUT2D eigenvalue weighted by molar-refractivity contribution is 0.0580. The molecule has 0 aromatic heterocycles. The maximum Gasteiger partial charge on any atom is 0.0559 e. The van der Waals surface area contributed by atoms with Gasteiger partial charge in [-0.1, -0.05) is 26.7 Å². The molecule has 80 valence electrons. The van der Waals surface area contributed by atoms with E-state index >= 15 is 0 Å². The fourth-order valence-electron chi connectivity index (χ4n) is 1.20. The van der Waals surface area contributed by atoms with E-state index in [1.54, 1.807) is 0 Å². The third kappa shape index (κ3) is 9.84. The van der Waals surface area contributed by atoms with Gasteiger partial charge in [-0.3, -0.25) is 0 Å². The lowest BCUT2D eigenvalue weighted by Crippen LogP contribution is -2.20. The van der Waals surface area contributed by atoms with Crippen LogP contribution in [0.2, 0.25) is 0 Å². The second-order valence-electron chi connectivity index (χ2n) is 3.53. The summed E-state index contributed by atoms with van der Waals surface area (Å²) in [6.45, 7) is 9.57. The van der Waals surface area contributed by atoms with Gasteiger partial charge in [0.25, 0.3) is 0 Å². The lowest BCUT2D eigenvalue weighted by atomic mass is 10.2. The quantitative estimate of drug-likeness (QED) is 0.560. The number of ether oxygens (including phenoxy) is 1. The minimum Gasteiger partial charge on any atom is -0.378 e. The van der Waals surface area contributed by atoms with Crippen LogP contribution in [0.1, 0.15) is 46.5 Å². The first-order chi connectivity index (χ1) is 6.31. The molecule has 0 saturated heterocycles. The molecule has 0 rings (SSSR count). The van der Waals surface area contributed by atoms with Crippen LogP contribution in [0.15, 0.2) is 0 Å². The van der Waals surface area contributed by atoms with Crippen molar-refractivity contribution < 1.29 is 4.74 Å². The first-order valence-corrected chi connectivity index (χ1v) is 5.63. The van der Waals surface area contributed by atoms with Gasteiger partial charge in [0.05, 0.1) is 6.10 Å². The van der Waals surface area contributed by atoms with Crippen LogP contribution in [-0.4, -0.2) is 25.8 Å². The summed E-state index contributed by atoms with van der Waals surface area (Å²) in [6, 6.07) is 0. The predicted octanol–water partition coefficient (Wildman–Crippen LogP) is 2.58. The highest BCUT2D eigenvalue weighted by Gasteiger charge is 2.00. The Bertz CT molecular complexity index is 96.1. The van der Waals surface area contributed by atoms with Crippen LogP contribution in [0.4, 0.5) is 0 Å². The molecule has 2 heteroatoms. The zero-order valence-electron chi connectivity index (χ0n) is 9.44. The summed E-state index contributed by atoms with van der Waals surface area (Å²) in [6.07, 6.45) is 5.31. The molecule has 0 aromatic rings. The van der Waals surface area contributed by atoms with Crippen molar-refractivity contribution in [1.29, 1.82) is 0 Å². The Labute approximate surface area is 83.1 Å². The van der Waals surface area contributed by atoms with Crippen molar-refractivity contribution in [3.05, 3.63) is 0 Å². The summed E-state index contributed by atoms with van der Waals surface area (Å²) in [5.74, 6) is 0. The Hall–Kier alpha value is -0.0800. The summed E-state index contributed by atoms with van der Waals surface area (Å²) in [4.78, 5) is 0. The molecule has 1 unspecified atom stereocenters. The summed E-state index contributed by atoms with van der Waals surface area (Å²) in [7, 11) is 0. The number of hydrogen-bond donors (Lipinski definition) is 1. The van der Waals surface area contributed by atoms with Crippen molar-refractivity contribution in [2.24, 2.45) is 0 Å². The molecule has 1 atom stereocenters. The summed E-state index contributed by atoms with van der Waals surface area (Å²) in [5.41, 5.74) is 0. The molecule has 0 bridgehead atoms. The molecule has 0 heterocycles. The Balaban J connectivity index is 3.05. The molecule has 0 aliphatic heterocycles. The molecular formula is C11H25NO. The largest absolute Gasteiger partial charge is 0.378 e. The molecule has 0 radical (unpaired) electrons. The zero-order chi connectivity index (χ0) is 9.94. The van der Waals surface area contributed by atoms with Gasteiger partial charge < -0.3 is 10.1 Å². The monoisotopic (exact) mass is 187 g/mol. The maximum atomic E-state index is 5.65. The first kappa shape index (κ1) is 12.9. The summed E-state index contributed by atoms with van der Waals surface area (Å²) < 4.78 is 5.65. The Morgan fingerprint density at radius 3 is 2.62 bits per heavy atom. The average Bonchev–Trinajstić information content (AvgIpc) is 2.13. The van der Waals surface area contributed by atoms with Crippen LogP contribution in [0, 0.1) is 0 Å². The van der Waals surface area contributed by atoms with E-state index in [4.69, 9.17) is 4.74 Å². The zero-order valence-corrected chi connectivity index (χ0v) is 9.44. The van der Waals surface area contributed by atoms with E-state index in [-0.39, 0.29) is 0 Å². The Kier molecular flexibility index (Phi) is 9.94. The SMILES string of the molecule is CCCCCOC(C)CCNCC. The molecule has 2 nitrogen and oxygen atoms in total. The van der Waals surface area contributed by atoms with Gasteiger partial charge in [0, 0.05) is 6.61 Å². The smallest absolute Gasteiger partial charge is 0.0559 e. The molecule has 0 aliphatic rings. The van der Waals surface area contributed by atoms with E-state index in [1.165, 1.54) is 19.3 Å². The van der Waals surface area contributed by atoms with E-state index in [2.05, 4.69) is 26.1 Å². The van der Waals surface area contributed by atoms with Gasteiger partial charge in [-0.15, -0.1) is 0 Å². The van der Waals surface area contributed by atoms with Gasteiger partial charge in [-0.25, -0.2) is 0 Å². The number of rotatable bonds is 9. The van der Waals surface area contributed by atoms with Crippen molar-refractivity contribution in [3.63, 3.8) is 0 Å². The molecule has 0 amide bonds. The molecule has 0 fully saturated rings. The number of hydrogen-bond acceptors (Lipinski definition) is 2. The van der Waals surface area contributed by atoms with Crippen LogP contribution >= 0.6 is 0 Å². The van der Waals surface area contributed by atoms with Crippen molar-refractivity contribution in [2.75, 3.05) is 19.7 Å². The van der Waals surface area contributed by atoms with Crippen molar-refractivity contribution in [2.45, 2.75) is 52.6 Å². The number of nitrogens with one attached hydrogen (secondary N) is 1.